The van der Waals surface area contributed by atoms with Gasteiger partial charge in [-0.05, 0) is 18.3 Å². The van der Waals surface area contributed by atoms with Crippen LogP contribution >= 0.6 is 0 Å². The molecular weight excluding hydrogens is 250 g/mol. The number of nitrogens with zero attached hydrogens (tertiary/aromatic N) is 1. The van der Waals surface area contributed by atoms with Gasteiger partial charge in [-0.2, -0.15) is 0 Å². The first kappa shape index (κ1) is 13.6. The predicted molar refractivity (Wildman–Crippen MR) is 66.6 cm³/mol. The molecule has 0 aliphatic carbocycles. The maximum absolute atomic E-state index is 12.0. The SMILES string of the molecule is CC(C)(C)[C@@]1([C@@H]2NC(=O)NC2=O)CCCN1C(=O)O. The lowest BCUT2D eigenvalue weighted by Gasteiger charge is -2.49. The molecule has 2 saturated heterocycles. The highest BCUT2D eigenvalue weighted by Crippen LogP contribution is 2.46. The van der Waals surface area contributed by atoms with Gasteiger partial charge < -0.3 is 10.4 Å². The summed E-state index contributed by atoms with van der Waals surface area (Å²) in [6.07, 6.45) is 0.186. The van der Waals surface area contributed by atoms with Crippen molar-refractivity contribution < 1.29 is 19.5 Å². The number of likely N-dealkylation sites (tertiary alicyclic amines) is 1. The third-order valence-electron chi connectivity index (χ3n) is 4.20. The van der Waals surface area contributed by atoms with Gasteiger partial charge in [-0.15, -0.1) is 0 Å². The number of carbonyl (C=O) groups excluding carboxylic acids is 2. The van der Waals surface area contributed by atoms with Crippen molar-refractivity contribution in [3.05, 3.63) is 0 Å². The Morgan fingerprint density at radius 3 is 2.47 bits per heavy atom. The Morgan fingerprint density at radius 2 is 2.05 bits per heavy atom. The fraction of sp³-hybridized carbons (Fsp3) is 0.750. The van der Waals surface area contributed by atoms with Crippen molar-refractivity contribution in [2.24, 2.45) is 5.41 Å². The Morgan fingerprint density at radius 1 is 1.42 bits per heavy atom. The summed E-state index contributed by atoms with van der Waals surface area (Å²) in [5.41, 5.74) is -1.38. The third kappa shape index (κ3) is 1.84. The first-order chi connectivity index (χ1) is 8.70. The van der Waals surface area contributed by atoms with Crippen molar-refractivity contribution in [3.8, 4) is 0 Å². The molecule has 3 N–H and O–H groups in total. The van der Waals surface area contributed by atoms with E-state index >= 15 is 0 Å². The molecule has 2 aliphatic heterocycles. The normalized spacial score (nSPS) is 31.3. The first-order valence-corrected chi connectivity index (χ1v) is 6.32. The topological polar surface area (TPSA) is 98.7 Å². The predicted octanol–water partition coefficient (Wildman–Crippen LogP) is 0.753. The summed E-state index contributed by atoms with van der Waals surface area (Å²) in [5, 5.41) is 14.2. The Balaban J connectivity index is 2.50. The summed E-state index contributed by atoms with van der Waals surface area (Å²) >= 11 is 0. The molecular formula is C12H19N3O4. The van der Waals surface area contributed by atoms with Crippen molar-refractivity contribution in [2.45, 2.75) is 45.2 Å². The van der Waals surface area contributed by atoms with E-state index in [0.717, 1.165) is 0 Å². The van der Waals surface area contributed by atoms with Crippen LogP contribution in [0.15, 0.2) is 0 Å². The van der Waals surface area contributed by atoms with Crippen LogP contribution in [-0.2, 0) is 4.79 Å². The van der Waals surface area contributed by atoms with E-state index in [2.05, 4.69) is 10.6 Å². The Hall–Kier alpha value is -1.79. The monoisotopic (exact) mass is 269 g/mol. The highest BCUT2D eigenvalue weighted by atomic mass is 16.4. The number of hydrogen-bond donors (Lipinski definition) is 3. The molecule has 2 fully saturated rings. The molecule has 0 radical (unpaired) electrons. The largest absolute Gasteiger partial charge is 0.465 e. The fourth-order valence-corrected chi connectivity index (χ4v) is 3.37. The van der Waals surface area contributed by atoms with Crippen LogP contribution in [0, 0.1) is 5.41 Å². The fourth-order valence-electron chi connectivity index (χ4n) is 3.37. The zero-order valence-corrected chi connectivity index (χ0v) is 11.3. The van der Waals surface area contributed by atoms with Crippen LogP contribution in [0.25, 0.3) is 0 Å². The highest BCUT2D eigenvalue weighted by molar-refractivity contribution is 6.05. The lowest BCUT2D eigenvalue weighted by molar-refractivity contribution is -0.125. The minimum Gasteiger partial charge on any atom is -0.465 e. The molecule has 106 valence electrons. The number of nitrogens with one attached hydrogen (secondary N) is 2. The first-order valence-electron chi connectivity index (χ1n) is 6.32. The summed E-state index contributed by atoms with van der Waals surface area (Å²) in [7, 11) is 0. The highest BCUT2D eigenvalue weighted by Gasteiger charge is 2.60. The van der Waals surface area contributed by atoms with E-state index in [1.54, 1.807) is 0 Å². The zero-order valence-electron chi connectivity index (χ0n) is 11.3. The summed E-state index contributed by atoms with van der Waals surface area (Å²) in [6, 6.07) is -1.39. The molecule has 2 heterocycles. The lowest BCUT2D eigenvalue weighted by atomic mass is 9.67. The van der Waals surface area contributed by atoms with Crippen LogP contribution in [0.4, 0.5) is 9.59 Å². The third-order valence-corrected chi connectivity index (χ3v) is 4.20. The van der Waals surface area contributed by atoms with Crippen LogP contribution < -0.4 is 10.6 Å². The standard InChI is InChI=1S/C12H19N3O4/c1-11(2,3)12(5-4-6-15(12)10(18)19)7-8(16)14-9(17)13-7/h7H,4-6H2,1-3H3,(H,18,19)(H2,13,14,16,17)/t7-,12+/m1/s1. The molecule has 0 spiro atoms. The number of amides is 4. The van der Waals surface area contributed by atoms with Gasteiger partial charge in [0.15, 0.2) is 0 Å². The van der Waals surface area contributed by atoms with Crippen molar-refractivity contribution in [1.82, 2.24) is 15.5 Å². The van der Waals surface area contributed by atoms with Gasteiger partial charge in [-0.1, -0.05) is 20.8 Å². The van der Waals surface area contributed by atoms with Crippen molar-refractivity contribution in [2.75, 3.05) is 6.54 Å². The van der Waals surface area contributed by atoms with Crippen molar-refractivity contribution >= 4 is 18.0 Å². The van der Waals surface area contributed by atoms with E-state index in [9.17, 15) is 19.5 Å². The lowest BCUT2D eigenvalue weighted by Crippen LogP contribution is -2.67. The van der Waals surface area contributed by atoms with E-state index in [4.69, 9.17) is 0 Å². The molecule has 7 nitrogen and oxygen atoms in total. The van der Waals surface area contributed by atoms with Gasteiger partial charge in [0.05, 0.1) is 5.54 Å². The number of rotatable bonds is 1. The van der Waals surface area contributed by atoms with Crippen LogP contribution in [0.2, 0.25) is 0 Å². The number of urea groups is 1. The van der Waals surface area contributed by atoms with Crippen molar-refractivity contribution in [3.63, 3.8) is 0 Å². The summed E-state index contributed by atoms with van der Waals surface area (Å²) in [4.78, 5) is 36.1. The van der Waals surface area contributed by atoms with Gasteiger partial charge in [-0.3, -0.25) is 15.0 Å². The van der Waals surface area contributed by atoms with Gasteiger partial charge >= 0.3 is 12.1 Å². The summed E-state index contributed by atoms with van der Waals surface area (Å²) < 4.78 is 0. The zero-order chi connectivity index (χ0) is 14.4. The maximum atomic E-state index is 12.0. The van der Waals surface area contributed by atoms with Gasteiger partial charge in [0.1, 0.15) is 6.04 Å². The van der Waals surface area contributed by atoms with Gasteiger partial charge in [-0.25, -0.2) is 9.59 Å². The molecule has 0 aromatic heterocycles. The second kappa shape index (κ2) is 4.11. The van der Waals surface area contributed by atoms with Gasteiger partial charge in [0, 0.05) is 6.54 Å². The Kier molecular flexibility index (Phi) is 2.95. The quantitative estimate of drug-likeness (QED) is 0.612. The smallest absolute Gasteiger partial charge is 0.407 e. The summed E-state index contributed by atoms with van der Waals surface area (Å²) in [6.45, 7) is 6.07. The summed E-state index contributed by atoms with van der Waals surface area (Å²) in [5.74, 6) is -0.451. The molecule has 0 bridgehead atoms. The Bertz CT molecular complexity index is 443. The van der Waals surface area contributed by atoms with E-state index in [1.165, 1.54) is 4.90 Å². The molecule has 0 aromatic carbocycles. The van der Waals surface area contributed by atoms with E-state index < -0.39 is 35.0 Å². The van der Waals surface area contributed by atoms with Crippen LogP contribution in [0.5, 0.6) is 0 Å². The average molecular weight is 269 g/mol. The number of imide groups is 1. The second-order valence-corrected chi connectivity index (χ2v) is 6.11. The minimum absolute atomic E-state index is 0.381. The molecule has 2 rings (SSSR count). The van der Waals surface area contributed by atoms with Gasteiger partial charge in [0.25, 0.3) is 5.91 Å². The van der Waals surface area contributed by atoms with Crippen LogP contribution in [0.3, 0.4) is 0 Å². The number of hydrogen-bond acceptors (Lipinski definition) is 3. The van der Waals surface area contributed by atoms with E-state index in [-0.39, 0.29) is 0 Å². The molecule has 2 aliphatic rings. The molecule has 0 saturated carbocycles. The number of carbonyl (C=O) groups is 3. The maximum Gasteiger partial charge on any atom is 0.407 e. The second-order valence-electron chi connectivity index (χ2n) is 6.11. The van der Waals surface area contributed by atoms with E-state index in [1.807, 2.05) is 20.8 Å². The van der Waals surface area contributed by atoms with Crippen molar-refractivity contribution in [1.29, 1.82) is 0 Å². The minimum atomic E-state index is -1.05. The molecule has 4 amide bonds. The molecule has 7 heteroatoms. The number of carboxylic acid groups (broad SMARTS) is 1. The van der Waals surface area contributed by atoms with E-state index in [0.29, 0.717) is 19.4 Å². The molecule has 2 atom stereocenters. The molecule has 0 aromatic rings. The van der Waals surface area contributed by atoms with Crippen LogP contribution in [0.1, 0.15) is 33.6 Å². The van der Waals surface area contributed by atoms with Crippen LogP contribution in [-0.4, -0.2) is 46.2 Å². The van der Waals surface area contributed by atoms with Gasteiger partial charge in [0.2, 0.25) is 0 Å². The molecule has 19 heavy (non-hydrogen) atoms. The Labute approximate surface area is 111 Å². The molecule has 0 unspecified atom stereocenters. The average Bonchev–Trinajstić information content (AvgIpc) is 2.81.